The number of aryl methyl sites for hydroxylation is 1. The van der Waals surface area contributed by atoms with Crippen LogP contribution >= 0.6 is 0 Å². The fraction of sp³-hybridized carbons (Fsp3) is 0.429. The molecule has 5 nitrogen and oxygen atoms in total. The van der Waals surface area contributed by atoms with Crippen LogP contribution in [0.3, 0.4) is 0 Å². The maximum Gasteiger partial charge on any atom is 0.224 e. The predicted octanol–water partition coefficient (Wildman–Crippen LogP) is 1.51. The quantitative estimate of drug-likeness (QED) is 0.877. The van der Waals surface area contributed by atoms with Gasteiger partial charge in [-0.2, -0.15) is 0 Å². The smallest absolute Gasteiger partial charge is 0.224 e. The van der Waals surface area contributed by atoms with Crippen LogP contribution < -0.4 is 10.6 Å². The zero-order valence-corrected chi connectivity index (χ0v) is 11.0. The highest BCUT2D eigenvalue weighted by atomic mass is 16.1. The third-order valence-electron chi connectivity index (χ3n) is 3.65. The Morgan fingerprint density at radius 2 is 2.47 bits per heavy atom. The number of nitrogens with one attached hydrogen (secondary N) is 2. The maximum atomic E-state index is 11.9. The number of anilines is 1. The highest BCUT2D eigenvalue weighted by Crippen LogP contribution is 2.19. The van der Waals surface area contributed by atoms with Crippen LogP contribution in [0.4, 0.5) is 5.69 Å². The van der Waals surface area contributed by atoms with Gasteiger partial charge in [0.25, 0.3) is 0 Å². The van der Waals surface area contributed by atoms with E-state index in [0.29, 0.717) is 12.3 Å². The van der Waals surface area contributed by atoms with Crippen molar-refractivity contribution in [2.75, 3.05) is 18.4 Å². The molecule has 1 aliphatic rings. The standard InChI is InChI=1S/C14H18N4O/c1-18-9-16-12-7-11(2-3-13(12)18)17-14(19)6-10-4-5-15-8-10/h2-3,7,9-10,15H,4-6,8H2,1H3,(H,17,19). The van der Waals surface area contributed by atoms with Crippen molar-refractivity contribution in [3.63, 3.8) is 0 Å². The molecule has 0 aliphatic carbocycles. The van der Waals surface area contributed by atoms with E-state index < -0.39 is 0 Å². The molecule has 1 aliphatic heterocycles. The zero-order chi connectivity index (χ0) is 13.2. The molecule has 2 aromatic rings. The average Bonchev–Trinajstić information content (AvgIpc) is 3.00. The number of benzene rings is 1. The highest BCUT2D eigenvalue weighted by molar-refractivity contribution is 5.93. The largest absolute Gasteiger partial charge is 0.334 e. The summed E-state index contributed by atoms with van der Waals surface area (Å²) in [4.78, 5) is 16.2. The molecule has 19 heavy (non-hydrogen) atoms. The van der Waals surface area contributed by atoms with Gasteiger partial charge in [-0.05, 0) is 43.6 Å². The predicted molar refractivity (Wildman–Crippen MR) is 74.9 cm³/mol. The molecule has 1 aromatic heterocycles. The van der Waals surface area contributed by atoms with Gasteiger partial charge in [-0.15, -0.1) is 0 Å². The molecule has 1 atom stereocenters. The number of imidazole rings is 1. The van der Waals surface area contributed by atoms with Crippen molar-refractivity contribution in [1.82, 2.24) is 14.9 Å². The van der Waals surface area contributed by atoms with E-state index in [2.05, 4.69) is 15.6 Å². The minimum Gasteiger partial charge on any atom is -0.334 e. The van der Waals surface area contributed by atoms with Gasteiger partial charge in [0.2, 0.25) is 5.91 Å². The Labute approximate surface area is 112 Å². The first-order valence-electron chi connectivity index (χ1n) is 6.64. The van der Waals surface area contributed by atoms with E-state index in [0.717, 1.165) is 36.2 Å². The second-order valence-corrected chi connectivity index (χ2v) is 5.17. The number of hydrogen-bond acceptors (Lipinski definition) is 3. The molecule has 2 heterocycles. The fourth-order valence-corrected chi connectivity index (χ4v) is 2.58. The third-order valence-corrected chi connectivity index (χ3v) is 3.65. The van der Waals surface area contributed by atoms with Crippen molar-refractivity contribution in [2.24, 2.45) is 13.0 Å². The Hall–Kier alpha value is -1.88. The van der Waals surface area contributed by atoms with Gasteiger partial charge in [-0.25, -0.2) is 4.98 Å². The molecule has 3 rings (SSSR count). The number of nitrogens with zero attached hydrogens (tertiary/aromatic N) is 2. The molecule has 2 N–H and O–H groups in total. The second kappa shape index (κ2) is 5.01. The molecule has 0 radical (unpaired) electrons. The summed E-state index contributed by atoms with van der Waals surface area (Å²) in [6, 6.07) is 5.82. The van der Waals surface area contributed by atoms with Gasteiger partial charge in [-0.3, -0.25) is 4.79 Å². The number of amides is 1. The summed E-state index contributed by atoms with van der Waals surface area (Å²) in [6.45, 7) is 1.98. The summed E-state index contributed by atoms with van der Waals surface area (Å²) in [5.41, 5.74) is 2.79. The van der Waals surface area contributed by atoms with Crippen molar-refractivity contribution in [1.29, 1.82) is 0 Å². The summed E-state index contributed by atoms with van der Waals surface area (Å²) in [5, 5.41) is 6.23. The highest BCUT2D eigenvalue weighted by Gasteiger charge is 2.18. The normalized spacial score (nSPS) is 18.9. The van der Waals surface area contributed by atoms with Crippen molar-refractivity contribution in [2.45, 2.75) is 12.8 Å². The lowest BCUT2D eigenvalue weighted by atomic mass is 10.0. The molecule has 100 valence electrons. The minimum absolute atomic E-state index is 0.0870. The van der Waals surface area contributed by atoms with Crippen molar-refractivity contribution in [3.05, 3.63) is 24.5 Å². The maximum absolute atomic E-state index is 11.9. The van der Waals surface area contributed by atoms with E-state index in [1.807, 2.05) is 29.8 Å². The first-order valence-corrected chi connectivity index (χ1v) is 6.64. The van der Waals surface area contributed by atoms with Gasteiger partial charge in [-0.1, -0.05) is 0 Å². The number of aromatic nitrogens is 2. The van der Waals surface area contributed by atoms with Gasteiger partial charge < -0.3 is 15.2 Å². The summed E-state index contributed by atoms with van der Waals surface area (Å²) in [5.74, 6) is 0.558. The van der Waals surface area contributed by atoms with Gasteiger partial charge in [0.1, 0.15) is 0 Å². The summed E-state index contributed by atoms with van der Waals surface area (Å²) < 4.78 is 1.96. The number of rotatable bonds is 3. The van der Waals surface area contributed by atoms with E-state index in [9.17, 15) is 4.79 Å². The zero-order valence-electron chi connectivity index (χ0n) is 11.0. The first kappa shape index (κ1) is 12.2. The van der Waals surface area contributed by atoms with Gasteiger partial charge in [0.05, 0.1) is 17.4 Å². The topological polar surface area (TPSA) is 59.0 Å². The van der Waals surface area contributed by atoms with Crippen LogP contribution in [-0.4, -0.2) is 28.5 Å². The molecular formula is C14H18N4O. The van der Waals surface area contributed by atoms with E-state index >= 15 is 0 Å². The summed E-state index contributed by atoms with van der Waals surface area (Å²) in [7, 11) is 1.96. The van der Waals surface area contributed by atoms with Crippen LogP contribution in [0.25, 0.3) is 11.0 Å². The Balaban J connectivity index is 1.68. The third kappa shape index (κ3) is 2.61. The van der Waals surface area contributed by atoms with Crippen LogP contribution in [0.5, 0.6) is 0 Å². The summed E-state index contributed by atoms with van der Waals surface area (Å²) in [6.07, 6.45) is 3.46. The minimum atomic E-state index is 0.0870. The molecule has 1 unspecified atom stereocenters. The molecule has 5 heteroatoms. The van der Waals surface area contributed by atoms with Crippen LogP contribution in [-0.2, 0) is 11.8 Å². The lowest BCUT2D eigenvalue weighted by Crippen LogP contribution is -2.18. The Kier molecular flexibility index (Phi) is 3.21. The Bertz CT molecular complexity index is 599. The van der Waals surface area contributed by atoms with Gasteiger partial charge in [0, 0.05) is 19.2 Å². The lowest BCUT2D eigenvalue weighted by Gasteiger charge is -2.09. The number of hydrogen-bond donors (Lipinski definition) is 2. The monoisotopic (exact) mass is 258 g/mol. The summed E-state index contributed by atoms with van der Waals surface area (Å²) >= 11 is 0. The van der Waals surface area contributed by atoms with E-state index in [4.69, 9.17) is 0 Å². The van der Waals surface area contributed by atoms with Crippen molar-refractivity contribution in [3.8, 4) is 0 Å². The molecule has 0 saturated carbocycles. The number of carbonyl (C=O) groups excluding carboxylic acids is 1. The van der Waals surface area contributed by atoms with E-state index in [-0.39, 0.29) is 5.91 Å². The van der Waals surface area contributed by atoms with Crippen LogP contribution in [0.1, 0.15) is 12.8 Å². The molecule has 1 fully saturated rings. The second-order valence-electron chi connectivity index (χ2n) is 5.17. The molecular weight excluding hydrogens is 240 g/mol. The Morgan fingerprint density at radius 1 is 1.58 bits per heavy atom. The molecule has 0 spiro atoms. The van der Waals surface area contributed by atoms with Crippen LogP contribution in [0, 0.1) is 5.92 Å². The van der Waals surface area contributed by atoms with Crippen molar-refractivity contribution < 1.29 is 4.79 Å². The molecule has 0 bridgehead atoms. The molecule has 1 amide bonds. The number of carbonyl (C=O) groups is 1. The SMILES string of the molecule is Cn1cnc2cc(NC(=O)CC3CCNC3)ccc21. The average molecular weight is 258 g/mol. The molecule has 1 saturated heterocycles. The van der Waals surface area contributed by atoms with Crippen LogP contribution in [0.2, 0.25) is 0 Å². The lowest BCUT2D eigenvalue weighted by molar-refractivity contribution is -0.116. The van der Waals surface area contributed by atoms with E-state index in [1.54, 1.807) is 6.33 Å². The molecule has 1 aromatic carbocycles. The van der Waals surface area contributed by atoms with Crippen LogP contribution in [0.15, 0.2) is 24.5 Å². The van der Waals surface area contributed by atoms with Gasteiger partial charge >= 0.3 is 0 Å². The first-order chi connectivity index (χ1) is 9.22. The Morgan fingerprint density at radius 3 is 3.26 bits per heavy atom. The number of fused-ring (bicyclic) bond motifs is 1. The van der Waals surface area contributed by atoms with Gasteiger partial charge in [0.15, 0.2) is 0 Å². The van der Waals surface area contributed by atoms with Crippen molar-refractivity contribution >= 4 is 22.6 Å². The fourth-order valence-electron chi connectivity index (χ4n) is 2.58. The van der Waals surface area contributed by atoms with E-state index in [1.165, 1.54) is 0 Å².